The summed E-state index contributed by atoms with van der Waals surface area (Å²) in [6.45, 7) is 8.30. The van der Waals surface area contributed by atoms with Crippen LogP contribution in [0.4, 0.5) is 0 Å². The Bertz CT molecular complexity index is 69.0. The van der Waals surface area contributed by atoms with E-state index in [0.717, 1.165) is 6.42 Å². The first-order chi connectivity index (χ1) is 4.09. The molecule has 9 heavy (non-hydrogen) atoms. The van der Waals surface area contributed by atoms with E-state index < -0.39 is 0 Å². The molecule has 0 amide bonds. The van der Waals surface area contributed by atoms with Gasteiger partial charge in [0.1, 0.15) is 0 Å². The molecule has 0 unspecified atom stereocenters. The molecule has 0 aliphatic rings. The standard InChI is InChI=1S/C8H18O/c1-5-7(4)8(9)6(2)3/h6-9H,5H2,1-4H3/t7-,8+/m0/s1. The smallest absolute Gasteiger partial charge is 0.0588 e. The van der Waals surface area contributed by atoms with Gasteiger partial charge in [0.2, 0.25) is 0 Å². The molecule has 0 aromatic heterocycles. The first kappa shape index (κ1) is 8.96. The van der Waals surface area contributed by atoms with E-state index >= 15 is 0 Å². The van der Waals surface area contributed by atoms with Crippen LogP contribution in [-0.4, -0.2) is 11.2 Å². The molecule has 0 aliphatic heterocycles. The molecule has 56 valence electrons. The Hall–Kier alpha value is -0.0400. The lowest BCUT2D eigenvalue weighted by atomic mass is 9.93. The van der Waals surface area contributed by atoms with Crippen LogP contribution >= 0.6 is 0 Å². The summed E-state index contributed by atoms with van der Waals surface area (Å²) >= 11 is 0. The second-order valence-electron chi connectivity index (χ2n) is 3.12. The van der Waals surface area contributed by atoms with E-state index in [1.807, 2.05) is 0 Å². The minimum absolute atomic E-state index is 0.116. The summed E-state index contributed by atoms with van der Waals surface area (Å²) in [5.74, 6) is 0.852. The SMILES string of the molecule is CC[C@H](C)[C@H](O)C(C)C. The third-order valence-electron chi connectivity index (χ3n) is 1.91. The number of aliphatic hydroxyl groups is 1. The summed E-state index contributed by atoms with van der Waals surface area (Å²) in [6, 6.07) is 0. The molecular formula is C8H18O. The van der Waals surface area contributed by atoms with E-state index in [9.17, 15) is 5.11 Å². The van der Waals surface area contributed by atoms with Crippen LogP contribution in [0.3, 0.4) is 0 Å². The first-order valence-electron chi connectivity index (χ1n) is 3.77. The maximum absolute atomic E-state index is 9.39. The zero-order valence-corrected chi connectivity index (χ0v) is 6.89. The van der Waals surface area contributed by atoms with Gasteiger partial charge in [-0.15, -0.1) is 0 Å². The van der Waals surface area contributed by atoms with Gasteiger partial charge in [0.15, 0.2) is 0 Å². The Morgan fingerprint density at radius 3 is 1.78 bits per heavy atom. The van der Waals surface area contributed by atoms with Gasteiger partial charge in [-0.3, -0.25) is 0 Å². The van der Waals surface area contributed by atoms with Crippen LogP contribution in [0, 0.1) is 11.8 Å². The summed E-state index contributed by atoms with van der Waals surface area (Å²) in [6.07, 6.45) is 0.953. The monoisotopic (exact) mass is 130 g/mol. The van der Waals surface area contributed by atoms with Gasteiger partial charge in [0.05, 0.1) is 6.10 Å². The number of aliphatic hydroxyl groups excluding tert-OH is 1. The van der Waals surface area contributed by atoms with Crippen LogP contribution in [0.5, 0.6) is 0 Å². The van der Waals surface area contributed by atoms with Crippen molar-refractivity contribution in [2.45, 2.75) is 40.2 Å². The third kappa shape index (κ3) is 2.85. The van der Waals surface area contributed by atoms with Crippen molar-refractivity contribution in [2.75, 3.05) is 0 Å². The Balaban J connectivity index is 3.58. The fourth-order valence-electron chi connectivity index (χ4n) is 0.899. The normalized spacial score (nSPS) is 18.0. The molecule has 0 aliphatic carbocycles. The molecule has 0 rings (SSSR count). The van der Waals surface area contributed by atoms with Crippen LogP contribution < -0.4 is 0 Å². The lowest BCUT2D eigenvalue weighted by Crippen LogP contribution is -2.22. The van der Waals surface area contributed by atoms with Crippen molar-refractivity contribution in [1.29, 1.82) is 0 Å². The highest BCUT2D eigenvalue weighted by atomic mass is 16.3. The Kier molecular flexibility index (Phi) is 3.87. The van der Waals surface area contributed by atoms with Gasteiger partial charge in [0.25, 0.3) is 0 Å². The second kappa shape index (κ2) is 3.89. The highest BCUT2D eigenvalue weighted by Crippen LogP contribution is 2.14. The maximum atomic E-state index is 9.39. The highest BCUT2D eigenvalue weighted by Gasteiger charge is 2.14. The van der Waals surface area contributed by atoms with Crippen molar-refractivity contribution in [3.63, 3.8) is 0 Å². The van der Waals surface area contributed by atoms with Crippen molar-refractivity contribution in [2.24, 2.45) is 11.8 Å². The van der Waals surface area contributed by atoms with Gasteiger partial charge < -0.3 is 5.11 Å². The van der Waals surface area contributed by atoms with Gasteiger partial charge in [-0.05, 0) is 11.8 Å². The van der Waals surface area contributed by atoms with Crippen molar-refractivity contribution < 1.29 is 5.11 Å². The van der Waals surface area contributed by atoms with Gasteiger partial charge in [-0.1, -0.05) is 34.1 Å². The summed E-state index contributed by atoms with van der Waals surface area (Å²) in [7, 11) is 0. The molecule has 0 heterocycles. The second-order valence-corrected chi connectivity index (χ2v) is 3.12. The molecule has 0 bridgehead atoms. The largest absolute Gasteiger partial charge is 0.393 e. The van der Waals surface area contributed by atoms with E-state index in [2.05, 4.69) is 27.7 Å². The van der Waals surface area contributed by atoms with E-state index in [-0.39, 0.29) is 6.10 Å². The Labute approximate surface area is 58.1 Å². The minimum Gasteiger partial charge on any atom is -0.393 e. The van der Waals surface area contributed by atoms with Gasteiger partial charge >= 0.3 is 0 Å². The summed E-state index contributed by atoms with van der Waals surface area (Å²) in [5.41, 5.74) is 0. The minimum atomic E-state index is -0.116. The molecule has 1 heteroatoms. The van der Waals surface area contributed by atoms with Crippen LogP contribution in [0.2, 0.25) is 0 Å². The van der Waals surface area contributed by atoms with Crippen molar-refractivity contribution in [3.8, 4) is 0 Å². The van der Waals surface area contributed by atoms with Crippen LogP contribution in [0.15, 0.2) is 0 Å². The van der Waals surface area contributed by atoms with Crippen LogP contribution in [0.25, 0.3) is 0 Å². The number of rotatable bonds is 3. The lowest BCUT2D eigenvalue weighted by molar-refractivity contribution is 0.0707. The molecular weight excluding hydrogens is 112 g/mol. The zero-order chi connectivity index (χ0) is 7.44. The Morgan fingerprint density at radius 2 is 1.67 bits per heavy atom. The van der Waals surface area contributed by atoms with Gasteiger partial charge in [0, 0.05) is 0 Å². The predicted molar refractivity (Wildman–Crippen MR) is 40.3 cm³/mol. The molecule has 0 aromatic rings. The topological polar surface area (TPSA) is 20.2 Å². The molecule has 1 nitrogen and oxygen atoms in total. The fraction of sp³-hybridized carbons (Fsp3) is 1.00. The lowest BCUT2D eigenvalue weighted by Gasteiger charge is -2.20. The average molecular weight is 130 g/mol. The molecule has 0 spiro atoms. The van der Waals surface area contributed by atoms with Crippen LogP contribution in [0.1, 0.15) is 34.1 Å². The molecule has 0 saturated carbocycles. The number of hydrogen-bond acceptors (Lipinski definition) is 1. The van der Waals surface area contributed by atoms with Gasteiger partial charge in [-0.2, -0.15) is 0 Å². The Morgan fingerprint density at radius 1 is 1.22 bits per heavy atom. The summed E-state index contributed by atoms with van der Waals surface area (Å²) < 4.78 is 0. The molecule has 2 atom stereocenters. The molecule has 0 saturated heterocycles. The van der Waals surface area contributed by atoms with Crippen LogP contribution in [-0.2, 0) is 0 Å². The first-order valence-corrected chi connectivity index (χ1v) is 3.77. The molecule has 1 N–H and O–H groups in total. The average Bonchev–Trinajstić information content (AvgIpc) is 1.84. The zero-order valence-electron chi connectivity index (χ0n) is 6.89. The van der Waals surface area contributed by atoms with E-state index in [0.29, 0.717) is 11.8 Å². The molecule has 0 aromatic carbocycles. The molecule has 0 radical (unpaired) electrons. The van der Waals surface area contributed by atoms with E-state index in [1.165, 1.54) is 0 Å². The summed E-state index contributed by atoms with van der Waals surface area (Å²) in [4.78, 5) is 0. The maximum Gasteiger partial charge on any atom is 0.0588 e. The van der Waals surface area contributed by atoms with Gasteiger partial charge in [-0.25, -0.2) is 0 Å². The van der Waals surface area contributed by atoms with Crippen molar-refractivity contribution in [3.05, 3.63) is 0 Å². The number of hydrogen-bond donors (Lipinski definition) is 1. The fourth-order valence-corrected chi connectivity index (χ4v) is 0.899. The van der Waals surface area contributed by atoms with E-state index in [1.54, 1.807) is 0 Å². The third-order valence-corrected chi connectivity index (χ3v) is 1.91. The predicted octanol–water partition coefficient (Wildman–Crippen LogP) is 2.05. The highest BCUT2D eigenvalue weighted by molar-refractivity contribution is 4.65. The summed E-state index contributed by atoms with van der Waals surface area (Å²) in [5, 5.41) is 9.39. The van der Waals surface area contributed by atoms with Crippen molar-refractivity contribution >= 4 is 0 Å². The quantitative estimate of drug-likeness (QED) is 0.620. The van der Waals surface area contributed by atoms with E-state index in [4.69, 9.17) is 0 Å². The molecule has 0 fully saturated rings. The van der Waals surface area contributed by atoms with Crippen molar-refractivity contribution in [1.82, 2.24) is 0 Å².